The number of nitrogens with one attached hydrogen (secondary N) is 3. The van der Waals surface area contributed by atoms with Crippen molar-refractivity contribution >= 4 is 36.3 Å². The normalized spacial score (nSPS) is 17.2. The second-order valence-electron chi connectivity index (χ2n) is 8.10. The van der Waals surface area contributed by atoms with Gasteiger partial charge in [-0.1, -0.05) is 54.4 Å². The summed E-state index contributed by atoms with van der Waals surface area (Å²) < 4.78 is 0. The van der Waals surface area contributed by atoms with Crippen LogP contribution in [0.5, 0.6) is 0 Å². The molecule has 3 amide bonds. The van der Waals surface area contributed by atoms with Crippen molar-refractivity contribution in [2.45, 2.75) is 78.6 Å². The lowest BCUT2D eigenvalue weighted by Gasteiger charge is -2.28. The molecule has 9 nitrogen and oxygen atoms in total. The fourth-order valence-corrected chi connectivity index (χ4v) is 2.95. The second-order valence-corrected chi connectivity index (χ2v) is 8.46. The number of hydrogen-bond donors (Lipinski definition) is 6. The maximum Gasteiger partial charge on any atom is 0.326 e. The Labute approximate surface area is 184 Å². The van der Waals surface area contributed by atoms with Crippen molar-refractivity contribution in [3.8, 4) is 0 Å². The Morgan fingerprint density at radius 1 is 0.833 bits per heavy atom. The Balaban J connectivity index is 5.25. The molecule has 0 aromatic rings. The smallest absolute Gasteiger partial charge is 0.326 e. The average Bonchev–Trinajstić information content (AvgIpc) is 2.70. The molecule has 0 radical (unpaired) electrons. The molecule has 0 aliphatic heterocycles. The average molecular weight is 447 g/mol. The van der Waals surface area contributed by atoms with Crippen LogP contribution in [-0.2, 0) is 19.2 Å². The molecular weight excluding hydrogens is 408 g/mol. The minimum atomic E-state index is -1.15. The minimum absolute atomic E-state index is 0.0322. The third-order valence-electron chi connectivity index (χ3n) is 5.40. The number of rotatable bonds is 13. The maximum atomic E-state index is 12.8. The first-order valence-corrected chi connectivity index (χ1v) is 11.0. The van der Waals surface area contributed by atoms with Crippen LogP contribution in [0.25, 0.3) is 0 Å². The predicted molar refractivity (Wildman–Crippen MR) is 119 cm³/mol. The Morgan fingerprint density at radius 3 is 1.73 bits per heavy atom. The zero-order valence-corrected chi connectivity index (χ0v) is 19.7. The number of amides is 3. The number of carbonyl (C=O) groups is 4. The van der Waals surface area contributed by atoms with E-state index in [1.54, 1.807) is 20.8 Å². The fraction of sp³-hybridized carbons (Fsp3) is 0.800. The first-order valence-electron chi connectivity index (χ1n) is 10.4. The van der Waals surface area contributed by atoms with E-state index >= 15 is 0 Å². The summed E-state index contributed by atoms with van der Waals surface area (Å²) in [6, 6.07) is -3.77. The van der Waals surface area contributed by atoms with Crippen LogP contribution >= 0.6 is 12.6 Å². The van der Waals surface area contributed by atoms with Crippen molar-refractivity contribution in [1.29, 1.82) is 0 Å². The van der Waals surface area contributed by atoms with E-state index in [-0.39, 0.29) is 23.5 Å². The van der Waals surface area contributed by atoms with Gasteiger partial charge in [-0.2, -0.15) is 12.6 Å². The first kappa shape index (κ1) is 28.2. The van der Waals surface area contributed by atoms with Crippen molar-refractivity contribution in [1.82, 2.24) is 16.0 Å². The Morgan fingerprint density at radius 2 is 1.33 bits per heavy atom. The molecule has 0 saturated carbocycles. The number of carboxylic acids is 1. The molecule has 30 heavy (non-hydrogen) atoms. The monoisotopic (exact) mass is 446 g/mol. The lowest BCUT2D eigenvalue weighted by atomic mass is 9.97. The fourth-order valence-electron chi connectivity index (χ4n) is 2.69. The molecule has 0 aliphatic rings. The van der Waals surface area contributed by atoms with Gasteiger partial charge in [-0.15, -0.1) is 0 Å². The van der Waals surface area contributed by atoms with Crippen molar-refractivity contribution in [2.24, 2.45) is 23.5 Å². The zero-order chi connectivity index (χ0) is 23.6. The van der Waals surface area contributed by atoms with Crippen LogP contribution in [0.2, 0.25) is 0 Å². The molecule has 6 atom stereocenters. The van der Waals surface area contributed by atoms with Crippen LogP contribution in [0.1, 0.15) is 54.4 Å². The highest BCUT2D eigenvalue weighted by Crippen LogP contribution is 2.10. The molecule has 0 fully saturated rings. The predicted octanol–water partition coefficient (Wildman–Crippen LogP) is 0.531. The third-order valence-corrected chi connectivity index (χ3v) is 5.76. The summed E-state index contributed by atoms with van der Waals surface area (Å²) in [6.07, 6.45) is 1.28. The minimum Gasteiger partial charge on any atom is -0.480 e. The lowest BCUT2D eigenvalue weighted by molar-refractivity contribution is -0.143. The van der Waals surface area contributed by atoms with Crippen LogP contribution in [-0.4, -0.2) is 58.7 Å². The van der Waals surface area contributed by atoms with E-state index in [9.17, 15) is 24.3 Å². The van der Waals surface area contributed by atoms with Crippen molar-refractivity contribution in [2.75, 3.05) is 5.75 Å². The van der Waals surface area contributed by atoms with Crippen molar-refractivity contribution < 1.29 is 24.3 Å². The highest BCUT2D eigenvalue weighted by molar-refractivity contribution is 7.80. The van der Waals surface area contributed by atoms with E-state index in [4.69, 9.17) is 5.73 Å². The van der Waals surface area contributed by atoms with Crippen molar-refractivity contribution in [3.05, 3.63) is 0 Å². The number of hydrogen-bond acceptors (Lipinski definition) is 6. The van der Waals surface area contributed by atoms with Gasteiger partial charge in [0.05, 0.1) is 6.04 Å². The molecule has 6 unspecified atom stereocenters. The summed E-state index contributed by atoms with van der Waals surface area (Å²) in [5.74, 6) is -3.40. The zero-order valence-electron chi connectivity index (χ0n) is 18.8. The molecule has 0 spiro atoms. The molecule has 10 heteroatoms. The molecule has 0 aromatic carbocycles. The molecular formula is C20H38N4O5S. The standard InChI is InChI=1S/C20H38N4O5S/c1-7-11(5)14(21)18(26)23-15(10(3)4)19(27)22-13(9-30)17(25)24-16(20(28)29)12(6)8-2/h10-16,30H,7-9,21H2,1-6H3,(H,22,27)(H,23,26)(H,24,25)(H,28,29). The Kier molecular flexibility index (Phi) is 12.7. The Bertz CT molecular complexity index is 602. The van der Waals surface area contributed by atoms with Gasteiger partial charge in [0.25, 0.3) is 0 Å². The third kappa shape index (κ3) is 8.51. The summed E-state index contributed by atoms with van der Waals surface area (Å²) in [5, 5.41) is 17.0. The molecule has 0 aliphatic carbocycles. The van der Waals surface area contributed by atoms with E-state index in [1.807, 2.05) is 20.8 Å². The van der Waals surface area contributed by atoms with E-state index in [0.717, 1.165) is 6.42 Å². The van der Waals surface area contributed by atoms with E-state index in [2.05, 4.69) is 28.6 Å². The van der Waals surface area contributed by atoms with Gasteiger partial charge < -0.3 is 26.8 Å². The van der Waals surface area contributed by atoms with Gasteiger partial charge in [0.1, 0.15) is 18.1 Å². The topological polar surface area (TPSA) is 151 Å². The summed E-state index contributed by atoms with van der Waals surface area (Å²) in [4.78, 5) is 49.2. The quantitative estimate of drug-likeness (QED) is 0.227. The van der Waals surface area contributed by atoms with Gasteiger partial charge in [0.15, 0.2) is 0 Å². The lowest BCUT2D eigenvalue weighted by Crippen LogP contribution is -2.59. The van der Waals surface area contributed by atoms with Gasteiger partial charge >= 0.3 is 5.97 Å². The van der Waals surface area contributed by atoms with Gasteiger partial charge in [-0.3, -0.25) is 14.4 Å². The summed E-state index contributed by atoms with van der Waals surface area (Å²) in [6.45, 7) is 10.8. The highest BCUT2D eigenvalue weighted by atomic mass is 32.1. The number of carboxylic acid groups (broad SMARTS) is 1. The van der Waals surface area contributed by atoms with Crippen LogP contribution in [0.4, 0.5) is 0 Å². The number of nitrogens with two attached hydrogens (primary N) is 1. The van der Waals surface area contributed by atoms with Gasteiger partial charge in [-0.25, -0.2) is 4.79 Å². The summed E-state index contributed by atoms with van der Waals surface area (Å²) >= 11 is 4.11. The van der Waals surface area contributed by atoms with Gasteiger partial charge in [0, 0.05) is 5.75 Å². The molecule has 6 N–H and O–H groups in total. The summed E-state index contributed by atoms with van der Waals surface area (Å²) in [7, 11) is 0. The molecule has 0 saturated heterocycles. The molecule has 0 aromatic heterocycles. The number of aliphatic carboxylic acids is 1. The number of carbonyl (C=O) groups excluding carboxylic acids is 3. The SMILES string of the molecule is CCC(C)C(N)C(=O)NC(C(=O)NC(CS)C(=O)NC(C(=O)O)C(C)CC)C(C)C. The summed E-state index contributed by atoms with van der Waals surface area (Å²) in [5.41, 5.74) is 5.94. The second kappa shape index (κ2) is 13.5. The van der Waals surface area contributed by atoms with E-state index < -0.39 is 47.9 Å². The van der Waals surface area contributed by atoms with E-state index in [1.165, 1.54) is 0 Å². The van der Waals surface area contributed by atoms with Gasteiger partial charge in [-0.05, 0) is 17.8 Å². The molecule has 0 bridgehead atoms. The van der Waals surface area contributed by atoms with Crippen LogP contribution in [0.15, 0.2) is 0 Å². The molecule has 174 valence electrons. The first-order chi connectivity index (χ1) is 13.9. The van der Waals surface area contributed by atoms with Gasteiger partial charge in [0.2, 0.25) is 17.7 Å². The highest BCUT2D eigenvalue weighted by Gasteiger charge is 2.32. The van der Waals surface area contributed by atoms with Crippen LogP contribution in [0, 0.1) is 17.8 Å². The number of thiol groups is 1. The maximum absolute atomic E-state index is 12.8. The molecule has 0 heterocycles. The van der Waals surface area contributed by atoms with Crippen LogP contribution in [0.3, 0.4) is 0 Å². The van der Waals surface area contributed by atoms with Crippen molar-refractivity contribution in [3.63, 3.8) is 0 Å². The van der Waals surface area contributed by atoms with E-state index in [0.29, 0.717) is 6.42 Å². The largest absolute Gasteiger partial charge is 0.480 e. The molecule has 0 rings (SSSR count). The Hall–Kier alpha value is -1.81. The van der Waals surface area contributed by atoms with Crippen LogP contribution < -0.4 is 21.7 Å².